The highest BCUT2D eigenvalue weighted by atomic mass is 14.2. The molecule has 196 valence electrons. The Hall–Kier alpha value is -5.20. The van der Waals surface area contributed by atoms with E-state index in [-0.39, 0.29) is 0 Å². The number of rotatable bonds is 2. The SMILES string of the molecule is c1ccc2c(c1)CCc1c(-c3ccc4c(ccc5ccccc54)c3)cc(-c3ccc4c(ccc5ccccc54)c3)cc1-2. The van der Waals surface area contributed by atoms with Crippen molar-refractivity contribution >= 4 is 43.1 Å². The molecule has 0 amide bonds. The molecule has 0 bridgehead atoms. The maximum absolute atomic E-state index is 2.44. The molecule has 8 aromatic rings. The molecule has 0 atom stereocenters. The molecule has 0 unspecified atom stereocenters. The third kappa shape index (κ3) is 3.62. The van der Waals surface area contributed by atoms with Crippen molar-refractivity contribution in [3.05, 3.63) is 157 Å². The predicted octanol–water partition coefficient (Wildman–Crippen LogP) is 11.4. The van der Waals surface area contributed by atoms with Crippen molar-refractivity contribution in [1.82, 2.24) is 0 Å². The first-order chi connectivity index (χ1) is 20.8. The van der Waals surface area contributed by atoms with Gasteiger partial charge in [-0.25, -0.2) is 0 Å². The number of benzene rings is 8. The Morgan fingerprint density at radius 1 is 0.310 bits per heavy atom. The van der Waals surface area contributed by atoms with Crippen LogP contribution in [0.1, 0.15) is 11.1 Å². The third-order valence-corrected chi connectivity index (χ3v) is 9.34. The summed E-state index contributed by atoms with van der Waals surface area (Å²) in [5, 5.41) is 10.4. The van der Waals surface area contributed by atoms with Gasteiger partial charge in [0.15, 0.2) is 0 Å². The monoisotopic (exact) mass is 532 g/mol. The van der Waals surface area contributed by atoms with E-state index in [1.807, 2.05) is 0 Å². The Kier molecular flexibility index (Phi) is 5.12. The topological polar surface area (TPSA) is 0 Å². The lowest BCUT2D eigenvalue weighted by atomic mass is 9.79. The Bertz CT molecular complexity index is 2350. The van der Waals surface area contributed by atoms with Crippen molar-refractivity contribution in [2.75, 3.05) is 0 Å². The van der Waals surface area contributed by atoms with Gasteiger partial charge in [-0.05, 0) is 125 Å². The summed E-state index contributed by atoms with van der Waals surface area (Å²) in [6.45, 7) is 0. The zero-order valence-corrected chi connectivity index (χ0v) is 23.3. The minimum atomic E-state index is 1.06. The van der Waals surface area contributed by atoms with Crippen molar-refractivity contribution in [1.29, 1.82) is 0 Å². The summed E-state index contributed by atoms with van der Waals surface area (Å²) in [5.41, 5.74) is 10.8. The van der Waals surface area contributed by atoms with Gasteiger partial charge in [-0.15, -0.1) is 0 Å². The lowest BCUT2D eigenvalue weighted by Crippen LogP contribution is -2.06. The van der Waals surface area contributed by atoms with E-state index in [0.29, 0.717) is 0 Å². The molecule has 1 aliphatic rings. The van der Waals surface area contributed by atoms with Crippen LogP contribution in [0.5, 0.6) is 0 Å². The van der Waals surface area contributed by atoms with Gasteiger partial charge in [-0.1, -0.05) is 121 Å². The van der Waals surface area contributed by atoms with Crippen LogP contribution in [0.4, 0.5) is 0 Å². The van der Waals surface area contributed by atoms with Crippen LogP contribution < -0.4 is 0 Å². The maximum Gasteiger partial charge on any atom is -0.0105 e. The van der Waals surface area contributed by atoms with Gasteiger partial charge in [0, 0.05) is 0 Å². The molecule has 0 heteroatoms. The van der Waals surface area contributed by atoms with E-state index in [1.165, 1.54) is 87.6 Å². The van der Waals surface area contributed by atoms with Gasteiger partial charge in [0.2, 0.25) is 0 Å². The lowest BCUT2D eigenvalue weighted by Gasteiger charge is -2.24. The molecule has 0 fully saturated rings. The third-order valence-electron chi connectivity index (χ3n) is 9.34. The zero-order chi connectivity index (χ0) is 27.6. The molecule has 0 aliphatic heterocycles. The average molecular weight is 533 g/mol. The summed E-state index contributed by atoms with van der Waals surface area (Å²) in [5.74, 6) is 0. The van der Waals surface area contributed by atoms with Gasteiger partial charge in [-0.2, -0.15) is 0 Å². The number of hydrogen-bond acceptors (Lipinski definition) is 0. The second-order valence-corrected chi connectivity index (χ2v) is 11.7. The van der Waals surface area contributed by atoms with Crippen molar-refractivity contribution in [2.24, 2.45) is 0 Å². The van der Waals surface area contributed by atoms with Gasteiger partial charge in [0.1, 0.15) is 0 Å². The van der Waals surface area contributed by atoms with Gasteiger partial charge >= 0.3 is 0 Å². The molecule has 42 heavy (non-hydrogen) atoms. The fraction of sp³-hybridized carbons (Fsp3) is 0.0476. The van der Waals surface area contributed by atoms with E-state index in [2.05, 4.69) is 146 Å². The van der Waals surface area contributed by atoms with E-state index in [1.54, 1.807) is 0 Å². The molecule has 0 saturated heterocycles. The van der Waals surface area contributed by atoms with Gasteiger partial charge in [-0.3, -0.25) is 0 Å². The van der Waals surface area contributed by atoms with E-state index in [9.17, 15) is 0 Å². The van der Waals surface area contributed by atoms with E-state index >= 15 is 0 Å². The molecule has 0 N–H and O–H groups in total. The van der Waals surface area contributed by atoms with Crippen molar-refractivity contribution in [3.8, 4) is 33.4 Å². The van der Waals surface area contributed by atoms with Crippen LogP contribution >= 0.6 is 0 Å². The minimum absolute atomic E-state index is 1.06. The Morgan fingerprint density at radius 2 is 0.857 bits per heavy atom. The highest BCUT2D eigenvalue weighted by molar-refractivity contribution is 6.10. The fourth-order valence-electron chi connectivity index (χ4n) is 7.24. The van der Waals surface area contributed by atoms with Crippen molar-refractivity contribution < 1.29 is 0 Å². The largest absolute Gasteiger partial charge is 0.0620 e. The molecule has 0 spiro atoms. The van der Waals surface area contributed by atoms with Gasteiger partial charge < -0.3 is 0 Å². The fourth-order valence-corrected chi connectivity index (χ4v) is 7.24. The molecule has 0 nitrogen and oxygen atoms in total. The average Bonchev–Trinajstić information content (AvgIpc) is 3.07. The molecule has 1 aliphatic carbocycles. The maximum atomic E-state index is 2.44. The molecule has 9 rings (SSSR count). The van der Waals surface area contributed by atoms with E-state index in [0.717, 1.165) is 12.8 Å². The quantitative estimate of drug-likeness (QED) is 0.194. The van der Waals surface area contributed by atoms with Crippen molar-refractivity contribution in [2.45, 2.75) is 12.8 Å². The number of hydrogen-bond donors (Lipinski definition) is 0. The minimum Gasteiger partial charge on any atom is -0.0620 e. The second kappa shape index (κ2) is 9.16. The highest BCUT2D eigenvalue weighted by Gasteiger charge is 2.21. The van der Waals surface area contributed by atoms with Crippen LogP contribution in [0.25, 0.3) is 76.5 Å². The first kappa shape index (κ1) is 23.5. The van der Waals surface area contributed by atoms with E-state index < -0.39 is 0 Å². The first-order valence-electron chi connectivity index (χ1n) is 14.9. The van der Waals surface area contributed by atoms with Crippen LogP contribution in [0.15, 0.2) is 146 Å². The molecule has 0 radical (unpaired) electrons. The summed E-state index contributed by atoms with van der Waals surface area (Å²) < 4.78 is 0. The van der Waals surface area contributed by atoms with Crippen LogP contribution in [-0.4, -0.2) is 0 Å². The van der Waals surface area contributed by atoms with Crippen molar-refractivity contribution in [3.63, 3.8) is 0 Å². The van der Waals surface area contributed by atoms with E-state index in [4.69, 9.17) is 0 Å². The van der Waals surface area contributed by atoms with Crippen LogP contribution in [0.3, 0.4) is 0 Å². The molecule has 0 aromatic heterocycles. The summed E-state index contributed by atoms with van der Waals surface area (Å²) >= 11 is 0. The highest BCUT2D eigenvalue weighted by Crippen LogP contribution is 2.43. The molecule has 0 saturated carbocycles. The van der Waals surface area contributed by atoms with Crippen LogP contribution in [-0.2, 0) is 12.8 Å². The van der Waals surface area contributed by atoms with Gasteiger partial charge in [0.25, 0.3) is 0 Å². The summed E-state index contributed by atoms with van der Waals surface area (Å²) in [7, 11) is 0. The molecule has 0 heterocycles. The van der Waals surface area contributed by atoms with Crippen LogP contribution in [0, 0.1) is 0 Å². The summed E-state index contributed by atoms with van der Waals surface area (Å²) in [6.07, 6.45) is 2.14. The Morgan fingerprint density at radius 3 is 1.60 bits per heavy atom. The molecule has 8 aromatic carbocycles. The summed E-state index contributed by atoms with van der Waals surface area (Å²) in [6, 6.07) is 54.3. The van der Waals surface area contributed by atoms with Gasteiger partial charge in [0.05, 0.1) is 0 Å². The first-order valence-corrected chi connectivity index (χ1v) is 14.9. The number of aryl methyl sites for hydroxylation is 1. The smallest absolute Gasteiger partial charge is 0.0105 e. The normalized spacial score (nSPS) is 12.6. The molecular weight excluding hydrogens is 504 g/mol. The van der Waals surface area contributed by atoms with Crippen LogP contribution in [0.2, 0.25) is 0 Å². The standard InChI is InChI=1S/C42H28/c1-4-10-35-27(7-1)13-15-31-23-30(18-20-38(31)35)34-25-41(40-22-17-29-9-3-6-12-37(29)42(40)26-34)33-19-21-39-32(24-33)16-14-28-8-2-5-11-36(28)39/h1-16,18-21,23-26H,17,22H2. The second-order valence-electron chi connectivity index (χ2n) is 11.7. The Labute approximate surface area is 245 Å². The summed E-state index contributed by atoms with van der Waals surface area (Å²) in [4.78, 5) is 0. The zero-order valence-electron chi connectivity index (χ0n) is 23.3. The number of fused-ring (bicyclic) bond motifs is 9. The molecular formula is C42H28. The predicted molar refractivity (Wildman–Crippen MR) is 180 cm³/mol. The Balaban J connectivity index is 1.28. The lowest BCUT2D eigenvalue weighted by molar-refractivity contribution is 0.944.